The van der Waals surface area contributed by atoms with Crippen molar-refractivity contribution in [1.82, 2.24) is 5.01 Å². The second kappa shape index (κ2) is 7.82. The smallest absolute Gasteiger partial charge is 0.263 e. The maximum atomic E-state index is 13.6. The van der Waals surface area contributed by atoms with Crippen LogP contribution in [0.4, 0.5) is 20.2 Å². The largest absolute Gasteiger partial charge is 0.324 e. The van der Waals surface area contributed by atoms with E-state index in [2.05, 4.69) is 15.7 Å². The lowest BCUT2D eigenvalue weighted by molar-refractivity contribution is -0.123. The van der Waals surface area contributed by atoms with Gasteiger partial charge in [0.05, 0.1) is 5.69 Å². The quantitative estimate of drug-likeness (QED) is 0.580. The van der Waals surface area contributed by atoms with Crippen molar-refractivity contribution in [1.29, 1.82) is 0 Å². The van der Waals surface area contributed by atoms with E-state index in [1.807, 2.05) is 12.3 Å². The lowest BCUT2D eigenvalue weighted by Gasteiger charge is -2.20. The lowest BCUT2D eigenvalue weighted by Crippen LogP contribution is -2.43. The fourth-order valence-electron chi connectivity index (χ4n) is 3.28. The molecule has 2 aromatic carbocycles. The monoisotopic (exact) mass is 431 g/mol. The first-order valence-electron chi connectivity index (χ1n) is 8.83. The van der Waals surface area contributed by atoms with Crippen molar-refractivity contribution in [3.8, 4) is 0 Å². The summed E-state index contributed by atoms with van der Waals surface area (Å²) in [5.41, 5.74) is 0.476. The molecule has 0 aliphatic carbocycles. The third kappa shape index (κ3) is 3.52. The molecule has 0 bridgehead atoms. The van der Waals surface area contributed by atoms with Crippen molar-refractivity contribution in [2.75, 3.05) is 23.0 Å². The van der Waals surface area contributed by atoms with Crippen LogP contribution in [-0.2, 0) is 14.4 Å². The number of fused-ring (bicyclic) bond motifs is 1. The molecule has 0 spiro atoms. The minimum Gasteiger partial charge on any atom is -0.324 e. The number of rotatable bonds is 5. The summed E-state index contributed by atoms with van der Waals surface area (Å²) in [6.07, 6.45) is 1.91. The predicted octanol–water partition coefficient (Wildman–Crippen LogP) is 2.62. The first-order chi connectivity index (χ1) is 14.4. The SMILES string of the molecule is CSc1cccc(NC(=O)CN2N=N[C@H]3C(=O)N(c4ccc(F)c(F)c4)C(=O)[C@H]32)c1. The van der Waals surface area contributed by atoms with Crippen LogP contribution in [0.5, 0.6) is 0 Å². The Hall–Kier alpha value is -3.34. The number of halogens is 2. The van der Waals surface area contributed by atoms with E-state index in [1.165, 1.54) is 11.8 Å². The summed E-state index contributed by atoms with van der Waals surface area (Å²) in [6.45, 7) is -0.307. The molecule has 1 saturated heterocycles. The predicted molar refractivity (Wildman–Crippen MR) is 105 cm³/mol. The van der Waals surface area contributed by atoms with Gasteiger partial charge in [0.25, 0.3) is 11.8 Å². The van der Waals surface area contributed by atoms with Crippen LogP contribution in [-0.4, -0.2) is 47.6 Å². The van der Waals surface area contributed by atoms with E-state index in [0.717, 1.165) is 33.0 Å². The van der Waals surface area contributed by atoms with Crippen molar-refractivity contribution in [2.24, 2.45) is 10.3 Å². The molecule has 0 aromatic heterocycles. The van der Waals surface area contributed by atoms with E-state index < -0.39 is 41.4 Å². The summed E-state index contributed by atoms with van der Waals surface area (Å²) in [5.74, 6) is -4.15. The summed E-state index contributed by atoms with van der Waals surface area (Å²) >= 11 is 1.52. The van der Waals surface area contributed by atoms with Gasteiger partial charge in [0.15, 0.2) is 23.7 Å². The van der Waals surface area contributed by atoms with Crippen molar-refractivity contribution in [3.63, 3.8) is 0 Å². The number of nitrogens with zero attached hydrogens (tertiary/aromatic N) is 4. The van der Waals surface area contributed by atoms with Gasteiger partial charge in [0, 0.05) is 16.6 Å². The van der Waals surface area contributed by atoms with E-state index in [-0.39, 0.29) is 12.2 Å². The van der Waals surface area contributed by atoms with E-state index in [1.54, 1.807) is 18.2 Å². The fraction of sp³-hybridized carbons (Fsp3) is 0.211. The molecule has 1 fully saturated rings. The summed E-state index contributed by atoms with van der Waals surface area (Å²) in [6, 6.07) is 7.68. The van der Waals surface area contributed by atoms with Crippen LogP contribution >= 0.6 is 11.8 Å². The minimum atomic E-state index is -1.18. The van der Waals surface area contributed by atoms with Crippen LogP contribution in [0.3, 0.4) is 0 Å². The molecular weight excluding hydrogens is 416 g/mol. The van der Waals surface area contributed by atoms with Crippen molar-refractivity contribution >= 4 is 40.9 Å². The third-order valence-electron chi connectivity index (χ3n) is 4.68. The Morgan fingerprint density at radius 1 is 1.13 bits per heavy atom. The van der Waals surface area contributed by atoms with Crippen LogP contribution in [0.15, 0.2) is 57.7 Å². The highest BCUT2D eigenvalue weighted by Gasteiger charge is 2.55. The highest BCUT2D eigenvalue weighted by molar-refractivity contribution is 7.98. The van der Waals surface area contributed by atoms with E-state index in [9.17, 15) is 23.2 Å². The molecule has 0 radical (unpaired) electrons. The van der Waals surface area contributed by atoms with Gasteiger partial charge in [-0.3, -0.25) is 19.4 Å². The van der Waals surface area contributed by atoms with Gasteiger partial charge in [0.1, 0.15) is 6.54 Å². The van der Waals surface area contributed by atoms with E-state index in [0.29, 0.717) is 5.69 Å². The van der Waals surface area contributed by atoms with Gasteiger partial charge in [-0.1, -0.05) is 11.3 Å². The second-order valence-electron chi connectivity index (χ2n) is 6.58. The second-order valence-corrected chi connectivity index (χ2v) is 7.46. The van der Waals surface area contributed by atoms with Crippen LogP contribution in [0, 0.1) is 11.6 Å². The summed E-state index contributed by atoms with van der Waals surface area (Å²) in [7, 11) is 0. The highest BCUT2D eigenvalue weighted by atomic mass is 32.2. The zero-order chi connectivity index (χ0) is 21.4. The Bertz CT molecular complexity index is 1080. The summed E-state index contributed by atoms with van der Waals surface area (Å²) in [4.78, 5) is 39.5. The Morgan fingerprint density at radius 3 is 2.67 bits per heavy atom. The molecule has 2 aromatic rings. The Morgan fingerprint density at radius 2 is 1.93 bits per heavy atom. The zero-order valence-electron chi connectivity index (χ0n) is 15.6. The number of benzene rings is 2. The van der Waals surface area contributed by atoms with Crippen molar-refractivity contribution < 1.29 is 23.2 Å². The third-order valence-corrected chi connectivity index (χ3v) is 5.40. The van der Waals surface area contributed by atoms with Crippen LogP contribution < -0.4 is 10.2 Å². The molecule has 2 atom stereocenters. The summed E-state index contributed by atoms with van der Waals surface area (Å²) < 4.78 is 26.7. The number of imide groups is 1. The van der Waals surface area contributed by atoms with Gasteiger partial charge < -0.3 is 5.32 Å². The number of carbonyl (C=O) groups excluding carboxylic acids is 3. The molecule has 3 amide bonds. The fourth-order valence-corrected chi connectivity index (χ4v) is 3.74. The number of thioether (sulfide) groups is 1. The first kappa shape index (κ1) is 20.0. The van der Waals surface area contributed by atoms with Crippen molar-refractivity contribution in [3.05, 3.63) is 54.1 Å². The minimum absolute atomic E-state index is 0.105. The molecule has 8 nitrogen and oxygen atoms in total. The van der Waals surface area contributed by atoms with Gasteiger partial charge in [-0.15, -0.1) is 11.8 Å². The molecule has 154 valence electrons. The standard InChI is InChI=1S/C19H15F2N5O3S/c1-30-12-4-2-3-10(7-12)22-15(27)9-25-17-16(23-24-25)18(28)26(19(17)29)11-5-6-13(20)14(21)8-11/h2-8,16-17H,9H2,1H3,(H,22,27)/t16-,17+/m1/s1. The number of amides is 3. The number of nitrogens with one attached hydrogen (secondary N) is 1. The van der Waals surface area contributed by atoms with Gasteiger partial charge in [-0.25, -0.2) is 13.7 Å². The highest BCUT2D eigenvalue weighted by Crippen LogP contribution is 2.32. The van der Waals surface area contributed by atoms with E-state index in [4.69, 9.17) is 0 Å². The number of hydrogen-bond acceptors (Lipinski definition) is 7. The molecule has 11 heteroatoms. The molecule has 2 aliphatic heterocycles. The van der Waals surface area contributed by atoms with E-state index >= 15 is 0 Å². The molecule has 30 heavy (non-hydrogen) atoms. The Balaban J connectivity index is 1.49. The molecule has 0 saturated carbocycles. The number of anilines is 2. The average Bonchev–Trinajstić information content (AvgIpc) is 3.24. The first-order valence-corrected chi connectivity index (χ1v) is 10.1. The maximum Gasteiger partial charge on any atom is 0.263 e. The topological polar surface area (TPSA) is 94.4 Å². The molecule has 0 unspecified atom stereocenters. The van der Waals surface area contributed by atoms with Crippen LogP contribution in [0.2, 0.25) is 0 Å². The normalized spacial score (nSPS) is 20.1. The average molecular weight is 431 g/mol. The molecule has 2 aliphatic rings. The molecule has 2 heterocycles. The zero-order valence-corrected chi connectivity index (χ0v) is 16.4. The van der Waals surface area contributed by atoms with Crippen molar-refractivity contribution in [2.45, 2.75) is 17.0 Å². The van der Waals surface area contributed by atoms with Gasteiger partial charge >= 0.3 is 0 Å². The molecule has 4 rings (SSSR count). The Kier molecular flexibility index (Phi) is 5.20. The molecule has 1 N–H and O–H groups in total. The number of hydrogen-bond donors (Lipinski definition) is 1. The lowest BCUT2D eigenvalue weighted by atomic mass is 10.1. The maximum absolute atomic E-state index is 13.6. The van der Waals surface area contributed by atoms with Gasteiger partial charge in [-0.05, 0) is 36.6 Å². The van der Waals surface area contributed by atoms with Gasteiger partial charge in [-0.2, -0.15) is 5.11 Å². The Labute approximate surface area is 173 Å². The number of carbonyl (C=O) groups is 3. The van der Waals surface area contributed by atoms with Crippen LogP contribution in [0.1, 0.15) is 0 Å². The van der Waals surface area contributed by atoms with Gasteiger partial charge in [0.2, 0.25) is 5.91 Å². The van der Waals surface area contributed by atoms with Crippen LogP contribution in [0.25, 0.3) is 0 Å². The molecular formula is C19H15F2N5O3S. The summed E-state index contributed by atoms with van der Waals surface area (Å²) in [5, 5.41) is 11.4.